The van der Waals surface area contributed by atoms with Gasteiger partial charge in [-0.15, -0.1) is 11.3 Å². The maximum absolute atomic E-state index is 12.4. The molecule has 4 heteroatoms. The van der Waals surface area contributed by atoms with Crippen molar-refractivity contribution < 1.29 is 9.53 Å². The van der Waals surface area contributed by atoms with Crippen molar-refractivity contribution >= 4 is 22.9 Å². The van der Waals surface area contributed by atoms with Crippen molar-refractivity contribution in [1.82, 2.24) is 0 Å². The molecule has 132 valence electrons. The number of rotatable bonds is 4. The molecule has 0 saturated heterocycles. The first-order valence-corrected chi connectivity index (χ1v) is 9.74. The number of anilines is 1. The number of amides is 1. The number of hydrogen-bond donors (Lipinski definition) is 1. The Bertz CT molecular complexity index is 926. The van der Waals surface area contributed by atoms with Crippen molar-refractivity contribution in [1.29, 1.82) is 0 Å². The Morgan fingerprint density at radius 3 is 2.54 bits per heavy atom. The van der Waals surface area contributed by atoms with Gasteiger partial charge in [0, 0.05) is 28.2 Å². The molecule has 2 aromatic carbocycles. The smallest absolute Gasteiger partial charge is 0.225 e. The summed E-state index contributed by atoms with van der Waals surface area (Å²) in [4.78, 5) is 13.6. The number of ether oxygens (including phenoxy) is 1. The maximum atomic E-state index is 12.4. The molecule has 26 heavy (non-hydrogen) atoms. The Labute approximate surface area is 157 Å². The molecule has 0 aliphatic carbocycles. The Balaban J connectivity index is 1.72. The molecule has 0 fully saturated rings. The lowest BCUT2D eigenvalue weighted by molar-refractivity contribution is -0.116. The highest BCUT2D eigenvalue weighted by atomic mass is 32.1. The van der Waals surface area contributed by atoms with Crippen LogP contribution in [0.3, 0.4) is 0 Å². The van der Waals surface area contributed by atoms with Crippen molar-refractivity contribution in [2.75, 3.05) is 11.9 Å². The fourth-order valence-corrected chi connectivity index (χ4v) is 4.57. The Hall–Kier alpha value is -2.59. The molecule has 1 aliphatic heterocycles. The van der Waals surface area contributed by atoms with Crippen LogP contribution in [0.25, 0.3) is 11.1 Å². The number of nitrogens with one attached hydrogen (secondary N) is 1. The summed E-state index contributed by atoms with van der Waals surface area (Å²) in [7, 11) is 0. The summed E-state index contributed by atoms with van der Waals surface area (Å²) in [6.07, 6.45) is 0.481. The lowest BCUT2D eigenvalue weighted by Crippen LogP contribution is -2.22. The number of carbonyl (C=O) groups is 1. The van der Waals surface area contributed by atoms with E-state index in [9.17, 15) is 4.79 Å². The summed E-state index contributed by atoms with van der Waals surface area (Å²) in [5, 5.41) is 5.26. The van der Waals surface area contributed by atoms with Crippen LogP contribution < -0.4 is 10.1 Å². The predicted molar refractivity (Wildman–Crippen MR) is 107 cm³/mol. The molecule has 1 atom stereocenters. The molecule has 3 nitrogen and oxygen atoms in total. The molecule has 0 saturated carbocycles. The van der Waals surface area contributed by atoms with E-state index >= 15 is 0 Å². The number of carbonyl (C=O) groups excluding carboxylic acids is 1. The van der Waals surface area contributed by atoms with Gasteiger partial charge in [-0.05, 0) is 37.1 Å². The quantitative estimate of drug-likeness (QED) is 0.655. The molecule has 0 spiro atoms. The second-order valence-electron chi connectivity index (χ2n) is 6.56. The van der Waals surface area contributed by atoms with Crippen molar-refractivity contribution in [2.45, 2.75) is 26.2 Å². The average molecular weight is 363 g/mol. The van der Waals surface area contributed by atoms with Crippen LogP contribution in [0, 0.1) is 6.92 Å². The van der Waals surface area contributed by atoms with Crippen LogP contribution in [-0.2, 0) is 4.79 Å². The van der Waals surface area contributed by atoms with E-state index in [4.69, 9.17) is 4.74 Å². The summed E-state index contributed by atoms with van der Waals surface area (Å²) in [5.41, 5.74) is 5.60. The number of hydrogen-bond acceptors (Lipinski definition) is 3. The fraction of sp³-hybridized carbons (Fsp3) is 0.227. The zero-order valence-corrected chi connectivity index (χ0v) is 15.7. The molecular formula is C22H21NO2S. The summed E-state index contributed by atoms with van der Waals surface area (Å²) in [6, 6.07) is 16.6. The number of thiophene rings is 1. The van der Waals surface area contributed by atoms with E-state index in [1.165, 1.54) is 10.4 Å². The Morgan fingerprint density at radius 1 is 1.12 bits per heavy atom. The summed E-state index contributed by atoms with van der Waals surface area (Å²) in [5.74, 6) is 1.03. The summed E-state index contributed by atoms with van der Waals surface area (Å²) >= 11 is 1.72. The number of benzene rings is 2. The lowest BCUT2D eigenvalue weighted by atomic mass is 9.89. The van der Waals surface area contributed by atoms with Gasteiger partial charge in [-0.3, -0.25) is 4.79 Å². The van der Waals surface area contributed by atoms with E-state index in [1.807, 2.05) is 19.1 Å². The minimum Gasteiger partial charge on any atom is -0.494 e. The normalized spacial score (nSPS) is 16.1. The second kappa shape index (κ2) is 6.96. The van der Waals surface area contributed by atoms with Crippen LogP contribution in [0.5, 0.6) is 5.75 Å². The van der Waals surface area contributed by atoms with E-state index < -0.39 is 0 Å². The zero-order valence-electron chi connectivity index (χ0n) is 14.9. The van der Waals surface area contributed by atoms with Crippen LogP contribution in [0.4, 0.5) is 5.69 Å². The summed E-state index contributed by atoms with van der Waals surface area (Å²) in [6.45, 7) is 4.71. The van der Waals surface area contributed by atoms with Gasteiger partial charge in [0.15, 0.2) is 0 Å². The van der Waals surface area contributed by atoms with E-state index in [-0.39, 0.29) is 11.8 Å². The van der Waals surface area contributed by atoms with Crippen LogP contribution in [-0.4, -0.2) is 12.5 Å². The molecule has 1 N–H and O–H groups in total. The number of fused-ring (bicyclic) bond motifs is 1. The van der Waals surface area contributed by atoms with Gasteiger partial charge in [-0.25, -0.2) is 0 Å². The maximum Gasteiger partial charge on any atom is 0.225 e. The van der Waals surface area contributed by atoms with Gasteiger partial charge in [0.1, 0.15) is 5.75 Å². The van der Waals surface area contributed by atoms with Gasteiger partial charge < -0.3 is 10.1 Å². The van der Waals surface area contributed by atoms with Crippen LogP contribution >= 0.6 is 11.3 Å². The van der Waals surface area contributed by atoms with Crippen molar-refractivity contribution in [3.8, 4) is 16.9 Å². The van der Waals surface area contributed by atoms with Crippen LogP contribution in [0.15, 0.2) is 53.9 Å². The molecule has 3 aromatic rings. The van der Waals surface area contributed by atoms with Gasteiger partial charge in [-0.1, -0.05) is 42.0 Å². The molecule has 1 amide bonds. The first kappa shape index (κ1) is 16.9. The Morgan fingerprint density at radius 2 is 1.85 bits per heavy atom. The largest absolute Gasteiger partial charge is 0.494 e. The highest BCUT2D eigenvalue weighted by Gasteiger charge is 2.30. The minimum absolute atomic E-state index is 0.0724. The molecule has 2 heterocycles. The third kappa shape index (κ3) is 3.13. The lowest BCUT2D eigenvalue weighted by Gasteiger charge is -2.24. The molecule has 4 rings (SSSR count). The molecular weight excluding hydrogens is 342 g/mol. The highest BCUT2D eigenvalue weighted by molar-refractivity contribution is 7.11. The topological polar surface area (TPSA) is 38.3 Å². The second-order valence-corrected chi connectivity index (χ2v) is 7.47. The molecule has 0 unspecified atom stereocenters. The number of aryl methyl sites for hydroxylation is 1. The van der Waals surface area contributed by atoms with Gasteiger partial charge in [0.2, 0.25) is 5.91 Å². The summed E-state index contributed by atoms with van der Waals surface area (Å²) < 4.78 is 5.53. The molecule has 1 aromatic heterocycles. The van der Waals surface area contributed by atoms with Crippen molar-refractivity contribution in [3.05, 3.63) is 69.9 Å². The Kier molecular flexibility index (Phi) is 4.51. The van der Waals surface area contributed by atoms with Crippen molar-refractivity contribution in [2.24, 2.45) is 0 Å². The minimum atomic E-state index is 0.0724. The standard InChI is InChI=1S/C22H21NO2S/c1-3-25-17-10-8-15(9-11-17)18-12-20(24)23-21-19(13-26-22(18)21)16-6-4-14(2)5-7-16/h4-11,13,18H,3,12H2,1-2H3,(H,23,24)/t18-/m0/s1. The SMILES string of the molecule is CCOc1ccc([C@@H]2CC(=O)Nc3c(-c4ccc(C)cc4)csc32)cc1. The van der Waals surface area contributed by atoms with E-state index in [0.29, 0.717) is 13.0 Å². The van der Waals surface area contributed by atoms with Gasteiger partial charge in [-0.2, -0.15) is 0 Å². The highest BCUT2D eigenvalue weighted by Crippen LogP contribution is 2.46. The van der Waals surface area contributed by atoms with Crippen LogP contribution in [0.2, 0.25) is 0 Å². The van der Waals surface area contributed by atoms with E-state index in [0.717, 1.165) is 28.1 Å². The third-order valence-electron chi connectivity index (χ3n) is 4.75. The van der Waals surface area contributed by atoms with E-state index in [1.54, 1.807) is 11.3 Å². The average Bonchev–Trinajstić information content (AvgIpc) is 3.06. The fourth-order valence-electron chi connectivity index (χ4n) is 3.40. The molecule has 0 bridgehead atoms. The monoisotopic (exact) mass is 363 g/mol. The zero-order chi connectivity index (χ0) is 18.1. The third-order valence-corrected chi connectivity index (χ3v) is 5.84. The van der Waals surface area contributed by atoms with E-state index in [2.05, 4.69) is 54.0 Å². The molecule has 0 radical (unpaired) electrons. The molecule has 1 aliphatic rings. The first-order chi connectivity index (χ1) is 12.7. The predicted octanol–water partition coefficient (Wildman–Crippen LogP) is 5.60. The van der Waals surface area contributed by atoms with Gasteiger partial charge >= 0.3 is 0 Å². The van der Waals surface area contributed by atoms with Gasteiger partial charge in [0.25, 0.3) is 0 Å². The first-order valence-electron chi connectivity index (χ1n) is 8.86. The van der Waals surface area contributed by atoms with Gasteiger partial charge in [0.05, 0.1) is 12.3 Å². The van der Waals surface area contributed by atoms with Crippen molar-refractivity contribution in [3.63, 3.8) is 0 Å². The van der Waals surface area contributed by atoms with Crippen LogP contribution in [0.1, 0.15) is 35.3 Å².